The largest absolute Gasteiger partial charge is 0.356 e. The molecule has 31 heavy (non-hydrogen) atoms. The fourth-order valence-electron chi connectivity index (χ4n) is 4.84. The number of nitrogens with zero attached hydrogens (tertiary/aromatic N) is 4. The van der Waals surface area contributed by atoms with Crippen LogP contribution in [0.4, 0.5) is 4.39 Å². The summed E-state index contributed by atoms with van der Waals surface area (Å²) in [7, 11) is 0. The van der Waals surface area contributed by atoms with Crippen molar-refractivity contribution in [3.8, 4) is 0 Å². The van der Waals surface area contributed by atoms with Crippen molar-refractivity contribution >= 4 is 16.8 Å². The molecule has 0 unspecified atom stereocenters. The Labute approximate surface area is 178 Å². The molecule has 0 N–H and O–H groups in total. The summed E-state index contributed by atoms with van der Waals surface area (Å²) in [5.41, 5.74) is 2.76. The van der Waals surface area contributed by atoms with Gasteiger partial charge in [-0.1, -0.05) is 5.16 Å². The molecule has 4 heterocycles. The van der Waals surface area contributed by atoms with Gasteiger partial charge in [0.1, 0.15) is 5.82 Å². The zero-order valence-electron chi connectivity index (χ0n) is 17.6. The van der Waals surface area contributed by atoms with Crippen molar-refractivity contribution in [1.82, 2.24) is 19.6 Å². The molecular weight excluding hydrogens is 399 g/mol. The van der Waals surface area contributed by atoms with E-state index in [0.29, 0.717) is 48.5 Å². The first-order chi connectivity index (χ1) is 15.0. The summed E-state index contributed by atoms with van der Waals surface area (Å²) >= 11 is 0. The Morgan fingerprint density at radius 1 is 1.19 bits per heavy atom. The maximum Gasteiger partial charge on any atom is 0.257 e. The lowest BCUT2D eigenvalue weighted by Gasteiger charge is -2.31. The van der Waals surface area contributed by atoms with Gasteiger partial charge in [0.05, 0.1) is 5.69 Å². The van der Waals surface area contributed by atoms with E-state index in [4.69, 9.17) is 4.52 Å². The molecule has 7 nitrogen and oxygen atoms in total. The maximum absolute atomic E-state index is 13.6. The fourth-order valence-corrected chi connectivity index (χ4v) is 4.84. The van der Waals surface area contributed by atoms with Crippen LogP contribution in [0.2, 0.25) is 0 Å². The highest BCUT2D eigenvalue weighted by atomic mass is 19.1. The highest BCUT2D eigenvalue weighted by Crippen LogP contribution is 2.32. The molecule has 0 saturated carbocycles. The minimum absolute atomic E-state index is 0.0414. The maximum atomic E-state index is 13.6. The molecule has 0 aliphatic carbocycles. The zero-order chi connectivity index (χ0) is 21.5. The van der Waals surface area contributed by atoms with E-state index in [0.717, 1.165) is 43.6 Å². The highest BCUT2D eigenvalue weighted by molar-refractivity contribution is 5.93. The van der Waals surface area contributed by atoms with Crippen LogP contribution in [0.25, 0.3) is 11.0 Å². The third-order valence-electron chi connectivity index (χ3n) is 6.62. The Morgan fingerprint density at radius 2 is 2.00 bits per heavy atom. The quantitative estimate of drug-likeness (QED) is 0.640. The van der Waals surface area contributed by atoms with Crippen LogP contribution in [0.15, 0.2) is 27.5 Å². The molecule has 0 spiro atoms. The molecule has 2 aromatic heterocycles. The fraction of sp³-hybridized carbons (Fsp3) is 0.478. The van der Waals surface area contributed by atoms with Crippen molar-refractivity contribution in [2.45, 2.75) is 51.5 Å². The third-order valence-corrected chi connectivity index (χ3v) is 6.62. The molecule has 5 rings (SSSR count). The van der Waals surface area contributed by atoms with Crippen LogP contribution in [0, 0.1) is 12.7 Å². The second-order valence-electron chi connectivity index (χ2n) is 8.56. The first-order valence-corrected chi connectivity index (χ1v) is 10.9. The van der Waals surface area contributed by atoms with Crippen LogP contribution >= 0.6 is 0 Å². The van der Waals surface area contributed by atoms with Crippen molar-refractivity contribution in [3.63, 3.8) is 0 Å². The molecule has 162 valence electrons. The molecule has 0 atom stereocenters. The van der Waals surface area contributed by atoms with E-state index in [9.17, 15) is 14.0 Å². The van der Waals surface area contributed by atoms with E-state index in [1.165, 1.54) is 12.1 Å². The van der Waals surface area contributed by atoms with Gasteiger partial charge in [0.25, 0.3) is 5.56 Å². The summed E-state index contributed by atoms with van der Waals surface area (Å²) in [6.45, 7) is 4.92. The van der Waals surface area contributed by atoms with Gasteiger partial charge in [0.15, 0.2) is 17.2 Å². The minimum Gasteiger partial charge on any atom is -0.356 e. The van der Waals surface area contributed by atoms with Crippen LogP contribution in [-0.4, -0.2) is 45.0 Å². The van der Waals surface area contributed by atoms with E-state index in [2.05, 4.69) is 15.0 Å². The molecule has 2 aliphatic rings. The number of aromatic nitrogens is 3. The van der Waals surface area contributed by atoms with Gasteiger partial charge in [0.2, 0.25) is 0 Å². The summed E-state index contributed by atoms with van der Waals surface area (Å²) in [4.78, 5) is 31.8. The number of piperidine rings is 1. The van der Waals surface area contributed by atoms with Gasteiger partial charge >= 0.3 is 0 Å². The molecule has 1 aromatic carbocycles. The second-order valence-corrected chi connectivity index (χ2v) is 8.56. The number of carbonyl (C=O) groups excluding carboxylic acids is 1. The zero-order valence-corrected chi connectivity index (χ0v) is 17.6. The van der Waals surface area contributed by atoms with Crippen LogP contribution in [0.5, 0.6) is 0 Å². The van der Waals surface area contributed by atoms with Crippen LogP contribution < -0.4 is 5.56 Å². The number of ketones is 1. The Balaban J connectivity index is 1.25. The lowest BCUT2D eigenvalue weighted by molar-refractivity contribution is 0.0945. The number of hydrogen-bond donors (Lipinski definition) is 0. The summed E-state index contributed by atoms with van der Waals surface area (Å²) in [6.07, 6.45) is 3.60. The molecule has 3 aromatic rings. The van der Waals surface area contributed by atoms with Gasteiger partial charge < -0.3 is 9.42 Å². The Hall–Kier alpha value is -2.87. The molecule has 0 radical (unpaired) electrons. The number of hydrogen-bond acceptors (Lipinski definition) is 6. The van der Waals surface area contributed by atoms with Crippen molar-refractivity contribution in [2.75, 3.05) is 19.6 Å². The van der Waals surface area contributed by atoms with Crippen molar-refractivity contribution in [2.24, 2.45) is 0 Å². The van der Waals surface area contributed by atoms with Crippen molar-refractivity contribution in [1.29, 1.82) is 0 Å². The molecule has 1 fully saturated rings. The third kappa shape index (κ3) is 3.69. The monoisotopic (exact) mass is 424 g/mol. The van der Waals surface area contributed by atoms with Gasteiger partial charge in [-0.15, -0.1) is 0 Å². The van der Waals surface area contributed by atoms with E-state index < -0.39 is 0 Å². The lowest BCUT2D eigenvalue weighted by atomic mass is 9.91. The second kappa shape index (κ2) is 8.00. The number of halogens is 1. The lowest BCUT2D eigenvalue weighted by Crippen LogP contribution is -2.38. The van der Waals surface area contributed by atoms with Crippen LogP contribution in [-0.2, 0) is 13.0 Å². The predicted molar refractivity (Wildman–Crippen MR) is 113 cm³/mol. The SMILES string of the molecule is Cc1nc2n(c(=O)c1CCN1CCC(c3noc4ccc(F)cc34)CC1)CCCC2=O. The van der Waals surface area contributed by atoms with Crippen molar-refractivity contribution < 1.29 is 13.7 Å². The summed E-state index contributed by atoms with van der Waals surface area (Å²) in [5, 5.41) is 4.97. The molecule has 0 amide bonds. The molecule has 0 bridgehead atoms. The molecule has 1 saturated heterocycles. The molecule has 8 heteroatoms. The number of Topliss-reactive ketones (excluding diaryl/α,β-unsaturated/α-hetero) is 1. The first-order valence-electron chi connectivity index (χ1n) is 10.9. The van der Waals surface area contributed by atoms with E-state index in [1.54, 1.807) is 10.6 Å². The standard InChI is InChI=1S/C23H25FN4O3/c1-14-17(23(30)28-9-2-3-19(29)22(28)25-14)8-12-27-10-6-15(7-11-27)21-18-13-16(24)4-5-20(18)31-26-21/h4-5,13,15H,2-3,6-12H2,1H3. The Morgan fingerprint density at radius 3 is 2.81 bits per heavy atom. The topological polar surface area (TPSA) is 81.2 Å². The van der Waals surface area contributed by atoms with Gasteiger partial charge in [-0.25, -0.2) is 9.37 Å². The minimum atomic E-state index is -0.281. The summed E-state index contributed by atoms with van der Waals surface area (Å²) in [6, 6.07) is 4.50. The average Bonchev–Trinajstić information content (AvgIpc) is 3.18. The smallest absolute Gasteiger partial charge is 0.257 e. The van der Waals surface area contributed by atoms with Crippen molar-refractivity contribution in [3.05, 3.63) is 57.1 Å². The van der Waals surface area contributed by atoms with Crippen LogP contribution in [0.1, 0.15) is 59.2 Å². The predicted octanol–water partition coefficient (Wildman–Crippen LogP) is 3.23. The normalized spacial score (nSPS) is 17.9. The number of fused-ring (bicyclic) bond motifs is 2. The number of aryl methyl sites for hydroxylation is 1. The number of likely N-dealkylation sites (tertiary alicyclic amines) is 1. The van der Waals surface area contributed by atoms with E-state index >= 15 is 0 Å². The number of carbonyl (C=O) groups is 1. The molecule has 2 aliphatic heterocycles. The van der Waals surface area contributed by atoms with Gasteiger partial charge in [-0.2, -0.15) is 0 Å². The first kappa shape index (κ1) is 20.1. The Bertz CT molecular complexity index is 1210. The Kier molecular flexibility index (Phi) is 5.17. The summed E-state index contributed by atoms with van der Waals surface area (Å²) < 4.78 is 20.6. The number of rotatable bonds is 4. The van der Waals surface area contributed by atoms with Gasteiger partial charge in [0, 0.05) is 42.1 Å². The van der Waals surface area contributed by atoms with Gasteiger partial charge in [-0.05, 0) is 63.9 Å². The average molecular weight is 424 g/mol. The summed E-state index contributed by atoms with van der Waals surface area (Å²) in [5.74, 6) is 0.231. The van der Waals surface area contributed by atoms with Gasteiger partial charge in [-0.3, -0.25) is 14.2 Å². The highest BCUT2D eigenvalue weighted by Gasteiger charge is 2.26. The van der Waals surface area contributed by atoms with E-state index in [1.807, 2.05) is 6.92 Å². The van der Waals surface area contributed by atoms with Crippen LogP contribution in [0.3, 0.4) is 0 Å². The number of benzene rings is 1. The molecular formula is C23H25FN4O3. The van der Waals surface area contributed by atoms with E-state index in [-0.39, 0.29) is 23.1 Å².